The van der Waals surface area contributed by atoms with Crippen LogP contribution < -0.4 is 0 Å². The highest BCUT2D eigenvalue weighted by Gasteiger charge is 2.57. The summed E-state index contributed by atoms with van der Waals surface area (Å²) < 4.78 is 12.7. The molecule has 0 radical (unpaired) electrons. The summed E-state index contributed by atoms with van der Waals surface area (Å²) in [5, 5.41) is 0.1000. The second-order valence-corrected chi connectivity index (χ2v) is 15.4. The Labute approximate surface area is 195 Å². The number of rotatable bonds is 10. The molecule has 2 aromatic rings. The van der Waals surface area contributed by atoms with Crippen molar-refractivity contribution in [1.82, 2.24) is 4.90 Å². The summed E-state index contributed by atoms with van der Waals surface area (Å²) in [6.07, 6.45) is 0.544. The van der Waals surface area contributed by atoms with Crippen LogP contribution in [0.25, 0.3) is 0 Å². The van der Waals surface area contributed by atoms with Crippen LogP contribution in [0.2, 0.25) is 18.1 Å². The molecule has 0 aromatic heterocycles. The lowest BCUT2D eigenvalue weighted by molar-refractivity contribution is -0.174. The largest absolute Gasteiger partial charge is 0.413 e. The molecule has 0 saturated carbocycles. The van der Waals surface area contributed by atoms with Crippen LogP contribution in [0.3, 0.4) is 0 Å². The Bertz CT molecular complexity index is 879. The molecule has 1 unspecified atom stereocenters. The van der Waals surface area contributed by atoms with E-state index < -0.39 is 13.7 Å². The summed E-state index contributed by atoms with van der Waals surface area (Å²) in [6.45, 7) is 15.8. The molecule has 174 valence electrons. The van der Waals surface area contributed by atoms with E-state index in [0.29, 0.717) is 32.7 Å². The zero-order chi connectivity index (χ0) is 23.4. The highest BCUT2D eigenvalue weighted by Crippen LogP contribution is 2.45. The molecule has 0 N–H and O–H groups in total. The molecule has 2 atom stereocenters. The van der Waals surface area contributed by atoms with Gasteiger partial charge in [0.1, 0.15) is 0 Å². The van der Waals surface area contributed by atoms with Crippen molar-refractivity contribution in [1.29, 1.82) is 0 Å². The van der Waals surface area contributed by atoms with Crippen molar-refractivity contribution < 1.29 is 14.0 Å². The number of likely N-dealkylation sites (tertiary alicyclic amines) is 1. The fraction of sp³-hybridized carbons (Fsp3) is 0.519. The SMILES string of the molecule is C[C@@H](O[Si](C)(C)C(C)(C)C)C1(CCOCc2ccccc2)CN(Cc2ccccc2)C1=O. The zero-order valence-corrected chi connectivity index (χ0v) is 21.6. The van der Waals surface area contributed by atoms with Crippen molar-refractivity contribution in [2.24, 2.45) is 5.41 Å². The predicted octanol–water partition coefficient (Wildman–Crippen LogP) is 6.03. The molecule has 1 amide bonds. The first kappa shape index (κ1) is 24.7. The summed E-state index contributed by atoms with van der Waals surface area (Å²) in [5.74, 6) is 0.191. The first-order chi connectivity index (χ1) is 15.1. The van der Waals surface area contributed by atoms with Crippen molar-refractivity contribution in [3.05, 3.63) is 71.8 Å². The third kappa shape index (κ3) is 5.51. The van der Waals surface area contributed by atoms with Crippen LogP contribution >= 0.6 is 0 Å². The van der Waals surface area contributed by atoms with E-state index in [2.05, 4.69) is 65.1 Å². The number of nitrogens with zero attached hydrogens (tertiary/aromatic N) is 1. The van der Waals surface area contributed by atoms with Crippen molar-refractivity contribution in [2.75, 3.05) is 13.2 Å². The van der Waals surface area contributed by atoms with E-state index in [1.54, 1.807) is 0 Å². The van der Waals surface area contributed by atoms with Gasteiger partial charge in [0.25, 0.3) is 0 Å². The number of hydrogen-bond acceptors (Lipinski definition) is 3. The predicted molar refractivity (Wildman–Crippen MR) is 133 cm³/mol. The Morgan fingerprint density at radius 2 is 1.56 bits per heavy atom. The maximum Gasteiger partial charge on any atom is 0.233 e. The van der Waals surface area contributed by atoms with Crippen LogP contribution in [0.15, 0.2) is 60.7 Å². The van der Waals surface area contributed by atoms with Gasteiger partial charge in [-0.3, -0.25) is 4.79 Å². The number of β-lactam (4-membered cyclic amide) rings is 1. The van der Waals surface area contributed by atoms with E-state index in [0.717, 1.165) is 11.1 Å². The van der Waals surface area contributed by atoms with E-state index in [1.165, 1.54) is 0 Å². The average Bonchev–Trinajstić information content (AvgIpc) is 2.75. The minimum Gasteiger partial charge on any atom is -0.413 e. The summed E-state index contributed by atoms with van der Waals surface area (Å²) in [5.41, 5.74) is 1.80. The van der Waals surface area contributed by atoms with Crippen LogP contribution in [-0.2, 0) is 27.1 Å². The van der Waals surface area contributed by atoms with Crippen molar-refractivity contribution in [2.45, 2.75) is 71.5 Å². The van der Waals surface area contributed by atoms with Crippen LogP contribution in [-0.4, -0.2) is 38.4 Å². The summed E-state index contributed by atoms with van der Waals surface area (Å²) in [6, 6.07) is 20.4. The summed E-state index contributed by atoms with van der Waals surface area (Å²) >= 11 is 0. The van der Waals surface area contributed by atoms with Crippen LogP contribution in [0, 0.1) is 5.41 Å². The molecule has 0 bridgehead atoms. The van der Waals surface area contributed by atoms with Gasteiger partial charge in [-0.2, -0.15) is 0 Å². The number of benzene rings is 2. The van der Waals surface area contributed by atoms with Gasteiger partial charge in [0.15, 0.2) is 8.32 Å². The lowest BCUT2D eigenvalue weighted by Gasteiger charge is -2.54. The Morgan fingerprint density at radius 1 is 1.00 bits per heavy atom. The fourth-order valence-corrected chi connectivity index (χ4v) is 5.54. The minimum atomic E-state index is -2.00. The molecule has 0 aliphatic carbocycles. The molecule has 1 fully saturated rings. The van der Waals surface area contributed by atoms with Gasteiger partial charge in [-0.05, 0) is 42.6 Å². The van der Waals surface area contributed by atoms with Crippen molar-refractivity contribution >= 4 is 14.2 Å². The van der Waals surface area contributed by atoms with Gasteiger partial charge >= 0.3 is 0 Å². The van der Waals surface area contributed by atoms with E-state index >= 15 is 0 Å². The third-order valence-electron chi connectivity index (χ3n) is 7.26. The van der Waals surface area contributed by atoms with Gasteiger partial charge in [0.05, 0.1) is 18.1 Å². The van der Waals surface area contributed by atoms with Gasteiger partial charge in [0, 0.05) is 19.7 Å². The quantitative estimate of drug-likeness (QED) is 0.250. The Morgan fingerprint density at radius 3 is 2.09 bits per heavy atom. The van der Waals surface area contributed by atoms with E-state index in [9.17, 15) is 4.79 Å². The van der Waals surface area contributed by atoms with Gasteiger partial charge in [-0.25, -0.2) is 0 Å². The first-order valence-corrected chi connectivity index (χ1v) is 14.6. The monoisotopic (exact) mass is 453 g/mol. The topological polar surface area (TPSA) is 38.8 Å². The highest BCUT2D eigenvalue weighted by atomic mass is 28.4. The normalized spacial score (nSPS) is 20.2. The second kappa shape index (κ2) is 9.90. The molecule has 0 spiro atoms. The number of carbonyl (C=O) groups is 1. The number of carbonyl (C=O) groups excluding carboxylic acids is 1. The molecule has 2 aromatic carbocycles. The molecular formula is C27H39NO3Si. The number of amides is 1. The Hall–Kier alpha value is -1.95. The highest BCUT2D eigenvalue weighted by molar-refractivity contribution is 6.74. The Balaban J connectivity index is 1.68. The van der Waals surface area contributed by atoms with Crippen molar-refractivity contribution in [3.8, 4) is 0 Å². The summed E-state index contributed by atoms with van der Waals surface area (Å²) in [4.78, 5) is 15.5. The molecule has 5 heteroatoms. The second-order valence-electron chi connectivity index (χ2n) is 10.6. The van der Waals surface area contributed by atoms with Gasteiger partial charge in [-0.1, -0.05) is 81.4 Å². The van der Waals surface area contributed by atoms with Gasteiger partial charge in [-0.15, -0.1) is 0 Å². The molecule has 32 heavy (non-hydrogen) atoms. The molecule has 1 aliphatic rings. The Kier molecular flexibility index (Phi) is 7.64. The average molecular weight is 454 g/mol. The first-order valence-electron chi connectivity index (χ1n) is 11.7. The molecule has 4 nitrogen and oxygen atoms in total. The molecule has 3 rings (SSSR count). The fourth-order valence-electron chi connectivity index (χ4n) is 4.08. The standard InChI is InChI=1S/C27H39NO3Si/c1-22(31-32(5,6)26(2,3)4)27(17-18-30-20-24-15-11-8-12-16-24)21-28(25(27)29)19-23-13-9-7-10-14-23/h7-16,22H,17-21H2,1-6H3/t22-,27?/m1/s1. The molecule has 1 aliphatic heterocycles. The lowest BCUT2D eigenvalue weighted by atomic mass is 9.71. The summed E-state index contributed by atoms with van der Waals surface area (Å²) in [7, 11) is -2.00. The van der Waals surface area contributed by atoms with Crippen molar-refractivity contribution in [3.63, 3.8) is 0 Å². The maximum atomic E-state index is 13.5. The van der Waals surface area contributed by atoms with E-state index in [4.69, 9.17) is 9.16 Å². The maximum absolute atomic E-state index is 13.5. The molecule has 1 heterocycles. The van der Waals surface area contributed by atoms with Gasteiger partial charge < -0.3 is 14.1 Å². The number of hydrogen-bond donors (Lipinski definition) is 0. The zero-order valence-electron chi connectivity index (χ0n) is 20.6. The number of ether oxygens (including phenoxy) is 1. The van der Waals surface area contributed by atoms with Crippen LogP contribution in [0.5, 0.6) is 0 Å². The third-order valence-corrected chi connectivity index (χ3v) is 11.8. The molecular weight excluding hydrogens is 414 g/mol. The smallest absolute Gasteiger partial charge is 0.233 e. The van der Waals surface area contributed by atoms with E-state index in [1.807, 2.05) is 41.3 Å². The minimum absolute atomic E-state index is 0.1000. The van der Waals surface area contributed by atoms with Gasteiger partial charge in [0.2, 0.25) is 5.91 Å². The lowest BCUT2D eigenvalue weighted by Crippen LogP contribution is -2.67. The van der Waals surface area contributed by atoms with Crippen LogP contribution in [0.1, 0.15) is 45.2 Å². The van der Waals surface area contributed by atoms with Crippen LogP contribution in [0.4, 0.5) is 0 Å². The molecule has 1 saturated heterocycles. The van der Waals surface area contributed by atoms with E-state index in [-0.39, 0.29) is 17.0 Å².